The summed E-state index contributed by atoms with van der Waals surface area (Å²) in [6, 6.07) is 22.7. The van der Waals surface area contributed by atoms with Gasteiger partial charge in [0, 0.05) is 18.6 Å². The lowest BCUT2D eigenvalue weighted by Gasteiger charge is -2.38. The molecule has 0 radical (unpaired) electrons. The van der Waals surface area contributed by atoms with Crippen molar-refractivity contribution in [3.05, 3.63) is 83.9 Å². The van der Waals surface area contributed by atoms with E-state index in [-0.39, 0.29) is 0 Å². The van der Waals surface area contributed by atoms with Crippen molar-refractivity contribution in [2.45, 2.75) is 38.4 Å². The van der Waals surface area contributed by atoms with E-state index < -0.39 is 0 Å². The van der Waals surface area contributed by atoms with Gasteiger partial charge in [0.25, 0.3) is 0 Å². The number of benzene rings is 2. The molecule has 0 saturated carbocycles. The highest BCUT2D eigenvalue weighted by Gasteiger charge is 2.24. The summed E-state index contributed by atoms with van der Waals surface area (Å²) >= 11 is 0. The topological polar surface area (TPSA) is 3.24 Å². The molecule has 0 spiro atoms. The van der Waals surface area contributed by atoms with Crippen molar-refractivity contribution < 1.29 is 0 Å². The molecule has 1 heterocycles. The van der Waals surface area contributed by atoms with E-state index in [0.29, 0.717) is 12.1 Å². The number of hydrogen-bond donors (Lipinski definition) is 0. The van der Waals surface area contributed by atoms with Crippen LogP contribution >= 0.6 is 0 Å². The van der Waals surface area contributed by atoms with Gasteiger partial charge in [0.15, 0.2) is 0 Å². The first kappa shape index (κ1) is 14.1. The lowest BCUT2D eigenvalue weighted by Crippen LogP contribution is -2.43. The smallest absolute Gasteiger partial charge is 0.0325 e. The van der Waals surface area contributed by atoms with E-state index in [1.807, 2.05) is 0 Å². The van der Waals surface area contributed by atoms with Crippen molar-refractivity contribution in [2.75, 3.05) is 0 Å². The Morgan fingerprint density at radius 2 is 1.52 bits per heavy atom. The molecule has 2 atom stereocenters. The standard InChI is InChI=1S/C20H23N/c1-17-9-8-14-20(15-18-10-4-2-5-11-18)21(17)16-19-12-6-3-7-13-19/h2-8,10-14,17,20H,9,15-16H2,1H3/t17-,20+/m0/s1. The molecule has 0 fully saturated rings. The molecule has 1 nitrogen and oxygen atoms in total. The molecule has 0 aliphatic carbocycles. The van der Waals surface area contributed by atoms with E-state index in [0.717, 1.165) is 19.4 Å². The van der Waals surface area contributed by atoms with Gasteiger partial charge >= 0.3 is 0 Å². The summed E-state index contributed by atoms with van der Waals surface area (Å²) in [6.45, 7) is 3.37. The molecule has 0 saturated heterocycles. The lowest BCUT2D eigenvalue weighted by atomic mass is 9.96. The molecule has 1 heteroatoms. The quantitative estimate of drug-likeness (QED) is 0.746. The van der Waals surface area contributed by atoms with E-state index in [9.17, 15) is 0 Å². The second-order valence-corrected chi connectivity index (χ2v) is 5.93. The lowest BCUT2D eigenvalue weighted by molar-refractivity contribution is 0.151. The Labute approximate surface area is 127 Å². The summed E-state index contributed by atoms with van der Waals surface area (Å²) in [6.07, 6.45) is 6.97. The van der Waals surface area contributed by atoms with Crippen LogP contribution in [0, 0.1) is 0 Å². The minimum atomic E-state index is 0.497. The van der Waals surface area contributed by atoms with Gasteiger partial charge < -0.3 is 0 Å². The molecule has 0 unspecified atom stereocenters. The van der Waals surface area contributed by atoms with Crippen LogP contribution in [-0.4, -0.2) is 17.0 Å². The average molecular weight is 277 g/mol. The summed E-state index contributed by atoms with van der Waals surface area (Å²) in [5, 5.41) is 0. The second-order valence-electron chi connectivity index (χ2n) is 5.93. The summed E-state index contributed by atoms with van der Waals surface area (Å²) in [5.41, 5.74) is 2.82. The van der Waals surface area contributed by atoms with Crippen LogP contribution in [0.4, 0.5) is 0 Å². The fraction of sp³-hybridized carbons (Fsp3) is 0.300. The molecule has 2 aromatic carbocycles. The second kappa shape index (κ2) is 6.73. The van der Waals surface area contributed by atoms with Crippen molar-refractivity contribution in [2.24, 2.45) is 0 Å². The molecule has 1 aliphatic heterocycles. The fourth-order valence-corrected chi connectivity index (χ4v) is 3.11. The Morgan fingerprint density at radius 1 is 0.905 bits per heavy atom. The van der Waals surface area contributed by atoms with Crippen LogP contribution in [0.1, 0.15) is 24.5 Å². The van der Waals surface area contributed by atoms with Crippen molar-refractivity contribution in [1.82, 2.24) is 4.90 Å². The third kappa shape index (κ3) is 3.62. The van der Waals surface area contributed by atoms with Crippen LogP contribution < -0.4 is 0 Å². The highest BCUT2D eigenvalue weighted by molar-refractivity contribution is 5.20. The van der Waals surface area contributed by atoms with Crippen LogP contribution in [0.3, 0.4) is 0 Å². The third-order valence-corrected chi connectivity index (χ3v) is 4.32. The molecule has 1 aliphatic rings. The normalized spacial score (nSPS) is 22.3. The SMILES string of the molecule is C[C@H]1CC=C[C@H](Cc2ccccc2)N1Cc1ccccc1. The summed E-state index contributed by atoms with van der Waals surface area (Å²) in [4.78, 5) is 2.63. The van der Waals surface area contributed by atoms with E-state index in [1.165, 1.54) is 11.1 Å². The first-order valence-corrected chi connectivity index (χ1v) is 7.83. The van der Waals surface area contributed by atoms with Crippen molar-refractivity contribution >= 4 is 0 Å². The average Bonchev–Trinajstić information content (AvgIpc) is 2.53. The monoisotopic (exact) mass is 277 g/mol. The maximum absolute atomic E-state index is 2.63. The van der Waals surface area contributed by atoms with Crippen molar-refractivity contribution in [1.29, 1.82) is 0 Å². The molecule has 0 N–H and O–H groups in total. The first-order valence-electron chi connectivity index (χ1n) is 7.83. The number of nitrogens with zero attached hydrogens (tertiary/aromatic N) is 1. The van der Waals surface area contributed by atoms with E-state index in [1.54, 1.807) is 0 Å². The Balaban J connectivity index is 1.76. The van der Waals surface area contributed by atoms with Crippen molar-refractivity contribution in [3.63, 3.8) is 0 Å². The van der Waals surface area contributed by atoms with Crippen molar-refractivity contribution in [3.8, 4) is 0 Å². The zero-order valence-corrected chi connectivity index (χ0v) is 12.7. The predicted molar refractivity (Wildman–Crippen MR) is 89.1 cm³/mol. The Kier molecular flexibility index (Phi) is 4.52. The minimum Gasteiger partial charge on any atom is -0.289 e. The van der Waals surface area contributed by atoms with Crippen LogP contribution in [0.15, 0.2) is 72.8 Å². The maximum atomic E-state index is 2.63. The third-order valence-electron chi connectivity index (χ3n) is 4.32. The van der Waals surface area contributed by atoms with Gasteiger partial charge in [0.05, 0.1) is 0 Å². The molecular weight excluding hydrogens is 254 g/mol. The largest absolute Gasteiger partial charge is 0.289 e. The molecular formula is C20H23N. The molecule has 0 amide bonds. The highest BCUT2D eigenvalue weighted by Crippen LogP contribution is 2.22. The van der Waals surface area contributed by atoms with Gasteiger partial charge in [-0.05, 0) is 30.9 Å². The van der Waals surface area contributed by atoms with Gasteiger partial charge in [-0.1, -0.05) is 72.8 Å². The summed E-state index contributed by atoms with van der Waals surface area (Å²) < 4.78 is 0. The van der Waals surface area contributed by atoms with Crippen LogP contribution in [0.2, 0.25) is 0 Å². The number of rotatable bonds is 4. The van der Waals surface area contributed by atoms with Crippen LogP contribution in [-0.2, 0) is 13.0 Å². The molecule has 108 valence electrons. The maximum Gasteiger partial charge on any atom is 0.0325 e. The highest BCUT2D eigenvalue weighted by atomic mass is 15.2. The van der Waals surface area contributed by atoms with E-state index >= 15 is 0 Å². The fourth-order valence-electron chi connectivity index (χ4n) is 3.11. The van der Waals surface area contributed by atoms with Gasteiger partial charge in [-0.15, -0.1) is 0 Å². The van der Waals surface area contributed by atoms with Crippen LogP contribution in [0.5, 0.6) is 0 Å². The molecule has 3 rings (SSSR count). The molecule has 21 heavy (non-hydrogen) atoms. The van der Waals surface area contributed by atoms with Gasteiger partial charge in [-0.2, -0.15) is 0 Å². The van der Waals surface area contributed by atoms with Gasteiger partial charge in [-0.25, -0.2) is 0 Å². The predicted octanol–water partition coefficient (Wildman–Crippen LogP) is 4.45. The number of hydrogen-bond acceptors (Lipinski definition) is 1. The minimum absolute atomic E-state index is 0.497. The van der Waals surface area contributed by atoms with Gasteiger partial charge in [-0.3, -0.25) is 4.90 Å². The van der Waals surface area contributed by atoms with E-state index in [4.69, 9.17) is 0 Å². The van der Waals surface area contributed by atoms with Gasteiger partial charge in [0.1, 0.15) is 0 Å². The Hall–Kier alpha value is -1.86. The Bertz CT molecular complexity index is 573. The van der Waals surface area contributed by atoms with Crippen LogP contribution in [0.25, 0.3) is 0 Å². The first-order chi connectivity index (χ1) is 10.3. The summed E-state index contributed by atoms with van der Waals surface area (Å²) in [7, 11) is 0. The molecule has 0 bridgehead atoms. The molecule has 2 aromatic rings. The zero-order valence-electron chi connectivity index (χ0n) is 12.7. The Morgan fingerprint density at radius 3 is 2.19 bits per heavy atom. The summed E-state index contributed by atoms with van der Waals surface area (Å²) in [5.74, 6) is 0. The van der Waals surface area contributed by atoms with E-state index in [2.05, 4.69) is 84.6 Å². The zero-order chi connectivity index (χ0) is 14.5. The molecule has 0 aromatic heterocycles. The van der Waals surface area contributed by atoms with Gasteiger partial charge in [0.2, 0.25) is 0 Å².